The summed E-state index contributed by atoms with van der Waals surface area (Å²) in [6.45, 7) is 5.17. The minimum absolute atomic E-state index is 0. The highest BCUT2D eigenvalue weighted by molar-refractivity contribution is 5.85. The van der Waals surface area contributed by atoms with Gasteiger partial charge in [0.25, 0.3) is 0 Å². The second-order valence-electron chi connectivity index (χ2n) is 6.25. The number of hydrogen-bond donors (Lipinski definition) is 1. The van der Waals surface area contributed by atoms with Crippen molar-refractivity contribution in [1.82, 2.24) is 9.80 Å². The minimum Gasteiger partial charge on any atom is -0.480 e. The van der Waals surface area contributed by atoms with E-state index in [2.05, 4.69) is 13.8 Å². The van der Waals surface area contributed by atoms with Crippen molar-refractivity contribution < 1.29 is 14.7 Å². The molecule has 6 heteroatoms. The van der Waals surface area contributed by atoms with Crippen LogP contribution in [0.25, 0.3) is 0 Å². The van der Waals surface area contributed by atoms with Crippen LogP contribution in [0.4, 0.5) is 0 Å². The second kappa shape index (κ2) is 7.99. The van der Waals surface area contributed by atoms with Gasteiger partial charge in [-0.3, -0.25) is 14.5 Å². The van der Waals surface area contributed by atoms with Gasteiger partial charge in [-0.2, -0.15) is 0 Å². The molecule has 0 spiro atoms. The van der Waals surface area contributed by atoms with Gasteiger partial charge in [-0.1, -0.05) is 6.42 Å². The molecule has 122 valence electrons. The zero-order chi connectivity index (χ0) is 14.7. The molecule has 2 aliphatic heterocycles. The van der Waals surface area contributed by atoms with Crippen molar-refractivity contribution in [2.75, 3.05) is 13.1 Å². The lowest BCUT2D eigenvalue weighted by molar-refractivity contribution is -0.147. The van der Waals surface area contributed by atoms with E-state index in [0.717, 1.165) is 32.2 Å². The van der Waals surface area contributed by atoms with Crippen LogP contribution in [-0.2, 0) is 9.59 Å². The van der Waals surface area contributed by atoms with Gasteiger partial charge in [0, 0.05) is 12.1 Å². The summed E-state index contributed by atoms with van der Waals surface area (Å²) in [6, 6.07) is 0.0711. The number of carbonyl (C=O) groups excluding carboxylic acids is 1. The number of likely N-dealkylation sites (tertiary alicyclic amines) is 2. The molecule has 2 rings (SSSR count). The summed E-state index contributed by atoms with van der Waals surface area (Å²) in [5, 5.41) is 9.27. The van der Waals surface area contributed by atoms with Gasteiger partial charge in [0.1, 0.15) is 6.04 Å². The van der Waals surface area contributed by atoms with Crippen LogP contribution in [0.15, 0.2) is 0 Å². The highest BCUT2D eigenvalue weighted by atomic mass is 35.5. The fourth-order valence-electron chi connectivity index (χ4n) is 3.63. The fraction of sp³-hybridized carbons (Fsp3) is 0.867. The number of rotatable bonds is 3. The van der Waals surface area contributed by atoms with E-state index in [0.29, 0.717) is 6.42 Å². The smallest absolute Gasteiger partial charge is 0.320 e. The van der Waals surface area contributed by atoms with E-state index < -0.39 is 12.0 Å². The van der Waals surface area contributed by atoms with Crippen molar-refractivity contribution in [3.8, 4) is 0 Å². The first-order chi connectivity index (χ1) is 9.50. The maximum absolute atomic E-state index is 12.5. The monoisotopic (exact) mass is 318 g/mol. The third kappa shape index (κ3) is 4.33. The molecule has 2 fully saturated rings. The molecule has 21 heavy (non-hydrogen) atoms. The Hall–Kier alpha value is -0.810. The van der Waals surface area contributed by atoms with Crippen LogP contribution in [-0.4, -0.2) is 58.0 Å². The number of halogens is 1. The number of hydrogen-bond acceptors (Lipinski definition) is 3. The summed E-state index contributed by atoms with van der Waals surface area (Å²) in [7, 11) is 0. The molecular formula is C15H27ClN2O3. The Morgan fingerprint density at radius 1 is 1.05 bits per heavy atom. The standard InChI is InChI=1S/C15H26N2O3.ClH/c1-11-6-5-7-12(2)17(11)14(18)10-16-9-4-3-8-13(16)15(19)20;/h11-13H,3-10H2,1-2H3,(H,19,20);1H. The van der Waals surface area contributed by atoms with E-state index in [4.69, 9.17) is 0 Å². The first-order valence-corrected chi connectivity index (χ1v) is 7.78. The molecule has 1 amide bonds. The maximum Gasteiger partial charge on any atom is 0.320 e. The van der Waals surface area contributed by atoms with Crippen LogP contribution in [0.5, 0.6) is 0 Å². The van der Waals surface area contributed by atoms with Crippen molar-refractivity contribution in [1.29, 1.82) is 0 Å². The molecule has 2 saturated heterocycles. The van der Waals surface area contributed by atoms with Crippen LogP contribution in [0.3, 0.4) is 0 Å². The first-order valence-electron chi connectivity index (χ1n) is 7.78. The van der Waals surface area contributed by atoms with Gasteiger partial charge in [0.2, 0.25) is 5.91 Å². The summed E-state index contributed by atoms with van der Waals surface area (Å²) >= 11 is 0. The third-order valence-electron chi connectivity index (χ3n) is 4.72. The minimum atomic E-state index is -0.794. The number of carboxylic acids is 1. The summed E-state index contributed by atoms with van der Waals surface area (Å²) in [5.41, 5.74) is 0. The molecular weight excluding hydrogens is 292 g/mol. The van der Waals surface area contributed by atoms with Crippen LogP contribution in [0.1, 0.15) is 52.4 Å². The lowest BCUT2D eigenvalue weighted by Gasteiger charge is -2.41. The number of nitrogens with zero attached hydrogens (tertiary/aromatic N) is 2. The van der Waals surface area contributed by atoms with Gasteiger partial charge in [-0.05, 0) is 52.5 Å². The number of carbonyl (C=O) groups is 2. The highest BCUT2D eigenvalue weighted by Gasteiger charge is 2.34. The Kier molecular flexibility index (Phi) is 6.94. The van der Waals surface area contributed by atoms with Gasteiger partial charge in [-0.15, -0.1) is 12.4 Å². The molecule has 0 aliphatic carbocycles. The highest BCUT2D eigenvalue weighted by Crippen LogP contribution is 2.24. The van der Waals surface area contributed by atoms with E-state index in [1.807, 2.05) is 9.80 Å². The zero-order valence-electron chi connectivity index (χ0n) is 13.0. The number of amides is 1. The molecule has 3 atom stereocenters. The lowest BCUT2D eigenvalue weighted by Crippen LogP contribution is -2.54. The van der Waals surface area contributed by atoms with Crippen molar-refractivity contribution in [2.45, 2.75) is 70.5 Å². The topological polar surface area (TPSA) is 60.9 Å². The van der Waals surface area contributed by atoms with Gasteiger partial charge in [0.15, 0.2) is 0 Å². The maximum atomic E-state index is 12.5. The summed E-state index contributed by atoms with van der Waals surface area (Å²) in [5.74, 6) is -0.699. The van der Waals surface area contributed by atoms with Crippen molar-refractivity contribution in [3.63, 3.8) is 0 Å². The average Bonchev–Trinajstić information content (AvgIpc) is 2.38. The van der Waals surface area contributed by atoms with Crippen molar-refractivity contribution in [2.24, 2.45) is 0 Å². The van der Waals surface area contributed by atoms with Gasteiger partial charge < -0.3 is 10.0 Å². The molecule has 0 radical (unpaired) electrons. The molecule has 5 nitrogen and oxygen atoms in total. The quantitative estimate of drug-likeness (QED) is 0.866. The number of piperidine rings is 2. The van der Waals surface area contributed by atoms with Crippen LogP contribution in [0, 0.1) is 0 Å². The van der Waals surface area contributed by atoms with Crippen LogP contribution >= 0.6 is 12.4 Å². The van der Waals surface area contributed by atoms with Gasteiger partial charge >= 0.3 is 5.97 Å². The van der Waals surface area contributed by atoms with Crippen LogP contribution < -0.4 is 0 Å². The van der Waals surface area contributed by atoms with Crippen LogP contribution in [0.2, 0.25) is 0 Å². The zero-order valence-corrected chi connectivity index (χ0v) is 13.8. The van der Waals surface area contributed by atoms with Gasteiger partial charge in [-0.25, -0.2) is 0 Å². The van der Waals surface area contributed by atoms with E-state index in [1.165, 1.54) is 6.42 Å². The fourth-order valence-corrected chi connectivity index (χ4v) is 3.63. The largest absolute Gasteiger partial charge is 0.480 e. The SMILES string of the molecule is CC1CCCC(C)N1C(=O)CN1CCCCC1C(=O)O.Cl. The predicted octanol–water partition coefficient (Wildman–Crippen LogP) is 2.14. The summed E-state index contributed by atoms with van der Waals surface area (Å²) in [4.78, 5) is 27.6. The normalized spacial score (nSPS) is 30.6. The third-order valence-corrected chi connectivity index (χ3v) is 4.72. The summed E-state index contributed by atoms with van der Waals surface area (Å²) in [6.07, 6.45) is 5.87. The second-order valence-corrected chi connectivity index (χ2v) is 6.25. The Morgan fingerprint density at radius 3 is 2.24 bits per heavy atom. The Labute approximate surface area is 133 Å². The Morgan fingerprint density at radius 2 is 1.67 bits per heavy atom. The lowest BCUT2D eigenvalue weighted by atomic mass is 9.97. The van der Waals surface area contributed by atoms with E-state index >= 15 is 0 Å². The first kappa shape index (κ1) is 18.2. The van der Waals surface area contributed by atoms with E-state index in [1.54, 1.807) is 0 Å². The summed E-state index contributed by atoms with van der Waals surface area (Å²) < 4.78 is 0. The van der Waals surface area contributed by atoms with E-state index in [9.17, 15) is 14.7 Å². The van der Waals surface area contributed by atoms with Crippen molar-refractivity contribution >= 4 is 24.3 Å². The Balaban J connectivity index is 0.00000220. The number of carboxylic acid groups (broad SMARTS) is 1. The molecule has 0 aromatic rings. The molecule has 2 aliphatic rings. The van der Waals surface area contributed by atoms with Gasteiger partial charge in [0.05, 0.1) is 6.54 Å². The number of aliphatic carboxylic acids is 1. The molecule has 1 N–H and O–H groups in total. The van der Waals surface area contributed by atoms with Crippen molar-refractivity contribution in [3.05, 3.63) is 0 Å². The molecule has 0 aromatic heterocycles. The Bertz CT molecular complexity index is 368. The molecule has 3 unspecified atom stereocenters. The molecule has 2 heterocycles. The van der Waals surface area contributed by atoms with E-state index in [-0.39, 0.29) is 36.9 Å². The average molecular weight is 319 g/mol. The molecule has 0 aromatic carbocycles. The molecule has 0 saturated carbocycles. The molecule has 0 bridgehead atoms. The predicted molar refractivity (Wildman–Crippen MR) is 83.7 cm³/mol.